The minimum absolute atomic E-state index is 0.0188. The zero-order valence-electron chi connectivity index (χ0n) is 12.6. The molecule has 0 amide bonds. The Balaban J connectivity index is 2.23. The molecule has 21 heavy (non-hydrogen) atoms. The van der Waals surface area contributed by atoms with Gasteiger partial charge in [-0.05, 0) is 13.8 Å². The van der Waals surface area contributed by atoms with Crippen LogP contribution in [0, 0.1) is 0 Å². The Morgan fingerprint density at radius 1 is 1.24 bits per heavy atom. The van der Waals surface area contributed by atoms with Crippen LogP contribution in [0.25, 0.3) is 11.3 Å². The molecule has 114 valence electrons. The molecule has 0 bridgehead atoms. The van der Waals surface area contributed by atoms with Crippen molar-refractivity contribution in [1.29, 1.82) is 0 Å². The summed E-state index contributed by atoms with van der Waals surface area (Å²) in [6.07, 6.45) is 0. The lowest BCUT2D eigenvalue weighted by atomic mass is 10.1. The van der Waals surface area contributed by atoms with Gasteiger partial charge in [0.1, 0.15) is 0 Å². The first kappa shape index (κ1) is 15.9. The lowest BCUT2D eigenvalue weighted by Crippen LogP contribution is -2.26. The number of rotatable bonds is 8. The molecular formula is C16H22N2O2S. The van der Waals surface area contributed by atoms with Crippen molar-refractivity contribution in [1.82, 2.24) is 4.98 Å². The number of aromatic nitrogens is 1. The van der Waals surface area contributed by atoms with Crippen LogP contribution >= 0.6 is 11.3 Å². The van der Waals surface area contributed by atoms with E-state index in [-0.39, 0.29) is 6.61 Å². The molecule has 2 rings (SSSR count). The van der Waals surface area contributed by atoms with E-state index in [4.69, 9.17) is 9.72 Å². The molecule has 4 nitrogen and oxygen atoms in total. The molecule has 0 saturated carbocycles. The Morgan fingerprint density at radius 2 is 2.00 bits per heavy atom. The van der Waals surface area contributed by atoms with Crippen LogP contribution in [-0.4, -0.2) is 36.4 Å². The maximum absolute atomic E-state index is 9.59. The van der Waals surface area contributed by atoms with Gasteiger partial charge in [-0.1, -0.05) is 41.7 Å². The predicted molar refractivity (Wildman–Crippen MR) is 87.9 cm³/mol. The summed E-state index contributed by atoms with van der Waals surface area (Å²) in [4.78, 5) is 7.82. The molecular weight excluding hydrogens is 284 g/mol. The quantitative estimate of drug-likeness (QED) is 0.761. The van der Waals surface area contributed by atoms with Gasteiger partial charge >= 0.3 is 0 Å². The number of ether oxygens (including phenoxy) is 1. The highest BCUT2D eigenvalue weighted by molar-refractivity contribution is 7.16. The number of anilines is 1. The van der Waals surface area contributed by atoms with E-state index in [0.29, 0.717) is 6.61 Å². The van der Waals surface area contributed by atoms with Gasteiger partial charge in [0.2, 0.25) is 0 Å². The zero-order chi connectivity index (χ0) is 15.1. The van der Waals surface area contributed by atoms with Gasteiger partial charge in [-0.2, -0.15) is 0 Å². The summed E-state index contributed by atoms with van der Waals surface area (Å²) in [7, 11) is 0. The van der Waals surface area contributed by atoms with Crippen molar-refractivity contribution in [3.63, 3.8) is 0 Å². The highest BCUT2D eigenvalue weighted by Gasteiger charge is 2.16. The van der Waals surface area contributed by atoms with Crippen molar-refractivity contribution in [2.24, 2.45) is 0 Å². The number of thiazole rings is 1. The number of nitrogens with zero attached hydrogens (tertiary/aromatic N) is 2. The first-order chi connectivity index (χ1) is 10.3. The SMILES string of the molecule is CCOCCN(CC)c1nc(-c2ccccc2)c(CO)s1. The van der Waals surface area contributed by atoms with Gasteiger partial charge in [0.15, 0.2) is 5.13 Å². The minimum Gasteiger partial charge on any atom is -0.391 e. The summed E-state index contributed by atoms with van der Waals surface area (Å²) >= 11 is 1.55. The summed E-state index contributed by atoms with van der Waals surface area (Å²) in [5, 5.41) is 10.5. The van der Waals surface area contributed by atoms with Crippen LogP contribution < -0.4 is 4.90 Å². The number of hydrogen-bond acceptors (Lipinski definition) is 5. The molecule has 0 radical (unpaired) electrons. The second-order valence-electron chi connectivity index (χ2n) is 4.57. The smallest absolute Gasteiger partial charge is 0.186 e. The van der Waals surface area contributed by atoms with E-state index >= 15 is 0 Å². The van der Waals surface area contributed by atoms with Gasteiger partial charge in [0.25, 0.3) is 0 Å². The molecule has 1 heterocycles. The summed E-state index contributed by atoms with van der Waals surface area (Å²) in [5.41, 5.74) is 1.93. The Morgan fingerprint density at radius 3 is 2.62 bits per heavy atom. The lowest BCUT2D eigenvalue weighted by Gasteiger charge is -2.19. The van der Waals surface area contributed by atoms with E-state index in [2.05, 4.69) is 11.8 Å². The normalized spacial score (nSPS) is 10.8. The fourth-order valence-corrected chi connectivity index (χ4v) is 3.14. The average molecular weight is 306 g/mol. The minimum atomic E-state index is 0.0188. The number of benzene rings is 1. The third-order valence-corrected chi connectivity index (χ3v) is 4.34. The molecule has 1 aromatic heterocycles. The summed E-state index contributed by atoms with van der Waals surface area (Å²) in [6, 6.07) is 10.0. The maximum Gasteiger partial charge on any atom is 0.186 e. The third kappa shape index (κ3) is 4.03. The van der Waals surface area contributed by atoms with E-state index < -0.39 is 0 Å². The standard InChI is InChI=1S/C16H22N2O2S/c1-3-18(10-11-20-4-2)16-17-15(14(12-19)21-16)13-8-6-5-7-9-13/h5-9,19H,3-4,10-12H2,1-2H3. The molecule has 0 aliphatic rings. The van der Waals surface area contributed by atoms with Crippen LogP contribution in [0.1, 0.15) is 18.7 Å². The largest absolute Gasteiger partial charge is 0.391 e. The van der Waals surface area contributed by atoms with E-state index in [1.165, 1.54) is 0 Å². The monoisotopic (exact) mass is 306 g/mol. The summed E-state index contributed by atoms with van der Waals surface area (Å²) in [6.45, 7) is 7.23. The molecule has 0 aliphatic carbocycles. The van der Waals surface area contributed by atoms with Crippen LogP contribution in [0.3, 0.4) is 0 Å². The second kappa shape index (κ2) is 8.12. The topological polar surface area (TPSA) is 45.6 Å². The fraction of sp³-hybridized carbons (Fsp3) is 0.438. The summed E-state index contributed by atoms with van der Waals surface area (Å²) < 4.78 is 5.42. The van der Waals surface area contributed by atoms with Crippen LogP contribution in [0.4, 0.5) is 5.13 Å². The molecule has 0 fully saturated rings. The Labute approximate surface area is 130 Å². The average Bonchev–Trinajstić information content (AvgIpc) is 2.96. The van der Waals surface area contributed by atoms with Crippen LogP contribution in [0.5, 0.6) is 0 Å². The van der Waals surface area contributed by atoms with Crippen molar-refractivity contribution in [2.45, 2.75) is 20.5 Å². The number of hydrogen-bond donors (Lipinski definition) is 1. The van der Waals surface area contributed by atoms with Gasteiger partial charge in [-0.3, -0.25) is 0 Å². The molecule has 0 aliphatic heterocycles. The molecule has 1 N–H and O–H groups in total. The first-order valence-electron chi connectivity index (χ1n) is 7.28. The van der Waals surface area contributed by atoms with Crippen LogP contribution in [0.15, 0.2) is 30.3 Å². The third-order valence-electron chi connectivity index (χ3n) is 3.24. The molecule has 0 atom stereocenters. The van der Waals surface area contributed by atoms with Gasteiger partial charge in [0.05, 0.1) is 23.8 Å². The van der Waals surface area contributed by atoms with Gasteiger partial charge in [-0.15, -0.1) is 0 Å². The Kier molecular flexibility index (Phi) is 6.17. The molecule has 1 aromatic carbocycles. The van der Waals surface area contributed by atoms with Crippen molar-refractivity contribution in [3.8, 4) is 11.3 Å². The first-order valence-corrected chi connectivity index (χ1v) is 8.10. The van der Waals surface area contributed by atoms with E-state index in [1.807, 2.05) is 37.3 Å². The second-order valence-corrected chi connectivity index (χ2v) is 5.63. The number of aliphatic hydroxyl groups is 1. The van der Waals surface area contributed by atoms with Crippen LogP contribution in [-0.2, 0) is 11.3 Å². The van der Waals surface area contributed by atoms with Crippen molar-refractivity contribution >= 4 is 16.5 Å². The molecule has 5 heteroatoms. The fourth-order valence-electron chi connectivity index (χ4n) is 2.11. The van der Waals surface area contributed by atoms with Crippen molar-refractivity contribution in [2.75, 3.05) is 31.2 Å². The van der Waals surface area contributed by atoms with Gasteiger partial charge in [-0.25, -0.2) is 4.98 Å². The Hall–Kier alpha value is -1.43. The van der Waals surface area contributed by atoms with Gasteiger partial charge in [0, 0.05) is 25.3 Å². The molecule has 0 saturated heterocycles. The zero-order valence-corrected chi connectivity index (χ0v) is 13.4. The predicted octanol–water partition coefficient (Wildman–Crippen LogP) is 3.17. The highest BCUT2D eigenvalue weighted by Crippen LogP contribution is 2.33. The molecule has 0 unspecified atom stereocenters. The molecule has 0 spiro atoms. The Bertz CT molecular complexity index is 542. The summed E-state index contributed by atoms with van der Waals surface area (Å²) in [5.74, 6) is 0. The van der Waals surface area contributed by atoms with E-state index in [1.54, 1.807) is 11.3 Å². The van der Waals surface area contributed by atoms with E-state index in [9.17, 15) is 5.11 Å². The number of likely N-dealkylation sites (N-methyl/N-ethyl adjacent to an activating group) is 1. The van der Waals surface area contributed by atoms with Crippen molar-refractivity contribution < 1.29 is 9.84 Å². The molecule has 2 aromatic rings. The van der Waals surface area contributed by atoms with Gasteiger partial charge < -0.3 is 14.7 Å². The van der Waals surface area contributed by atoms with Crippen molar-refractivity contribution in [3.05, 3.63) is 35.2 Å². The maximum atomic E-state index is 9.59. The van der Waals surface area contributed by atoms with Crippen LogP contribution in [0.2, 0.25) is 0 Å². The van der Waals surface area contributed by atoms with E-state index in [0.717, 1.165) is 41.0 Å². The lowest BCUT2D eigenvalue weighted by molar-refractivity contribution is 0.154. The highest BCUT2D eigenvalue weighted by atomic mass is 32.1. The number of aliphatic hydroxyl groups excluding tert-OH is 1.